The van der Waals surface area contributed by atoms with Crippen LogP contribution in [0.5, 0.6) is 11.5 Å². The number of benzene rings is 2. The van der Waals surface area contributed by atoms with Gasteiger partial charge in [-0.2, -0.15) is 5.26 Å². The Morgan fingerprint density at radius 1 is 1.19 bits per heavy atom. The van der Waals surface area contributed by atoms with Crippen molar-refractivity contribution in [1.82, 2.24) is 4.98 Å². The molecule has 0 bridgehead atoms. The lowest BCUT2D eigenvalue weighted by molar-refractivity contribution is -0.111. The van der Waals surface area contributed by atoms with Gasteiger partial charge < -0.3 is 25.2 Å². The van der Waals surface area contributed by atoms with Gasteiger partial charge in [0.25, 0.3) is 0 Å². The van der Waals surface area contributed by atoms with Gasteiger partial charge in [0.1, 0.15) is 11.9 Å². The van der Waals surface area contributed by atoms with Crippen molar-refractivity contribution in [2.45, 2.75) is 38.4 Å². The van der Waals surface area contributed by atoms with Crippen molar-refractivity contribution >= 4 is 29.2 Å². The smallest absolute Gasteiger partial charge is 0.248 e. The third-order valence-electron chi connectivity index (χ3n) is 5.91. The van der Waals surface area contributed by atoms with Gasteiger partial charge in [0.15, 0.2) is 11.5 Å². The number of carbonyl (C=O) groups is 1. The van der Waals surface area contributed by atoms with E-state index in [-0.39, 0.29) is 18.6 Å². The van der Waals surface area contributed by atoms with E-state index in [1.54, 1.807) is 43.5 Å². The van der Waals surface area contributed by atoms with E-state index in [1.807, 2.05) is 24.3 Å². The zero-order chi connectivity index (χ0) is 25.3. The third-order valence-corrected chi connectivity index (χ3v) is 5.91. The number of hydrogen-bond acceptors (Lipinski definition) is 7. The number of aromatic nitrogens is 1. The highest BCUT2D eigenvalue weighted by molar-refractivity contribution is 6.04. The lowest BCUT2D eigenvalue weighted by Crippen LogP contribution is -2.13. The van der Waals surface area contributed by atoms with E-state index < -0.39 is 0 Å². The fourth-order valence-electron chi connectivity index (χ4n) is 4.04. The summed E-state index contributed by atoms with van der Waals surface area (Å²) in [4.78, 5) is 17.1. The van der Waals surface area contributed by atoms with Crippen LogP contribution in [0.1, 0.15) is 42.4 Å². The number of hydrogen-bond donors (Lipinski definition) is 3. The maximum absolute atomic E-state index is 12.9. The van der Waals surface area contributed by atoms with Crippen LogP contribution in [0.4, 0.5) is 17.2 Å². The molecule has 1 aliphatic rings. The summed E-state index contributed by atoms with van der Waals surface area (Å²) in [5.74, 6) is 1.42. The minimum atomic E-state index is -0.351. The second-order valence-corrected chi connectivity index (χ2v) is 8.43. The fourth-order valence-corrected chi connectivity index (χ4v) is 4.04. The Hall–Kier alpha value is -4.35. The number of pyridine rings is 1. The van der Waals surface area contributed by atoms with Gasteiger partial charge in [0, 0.05) is 17.8 Å². The maximum atomic E-state index is 12.9. The summed E-state index contributed by atoms with van der Waals surface area (Å²) in [5, 5.41) is 24.5. The van der Waals surface area contributed by atoms with Gasteiger partial charge in [-0.1, -0.05) is 18.2 Å². The molecule has 1 amide bonds. The molecule has 0 atom stereocenters. The predicted molar refractivity (Wildman–Crippen MR) is 138 cm³/mol. The Morgan fingerprint density at radius 3 is 2.72 bits per heavy atom. The molecule has 36 heavy (non-hydrogen) atoms. The first-order valence-corrected chi connectivity index (χ1v) is 11.8. The predicted octanol–water partition coefficient (Wildman–Crippen LogP) is 5.17. The van der Waals surface area contributed by atoms with Crippen LogP contribution in [-0.2, 0) is 11.4 Å². The highest BCUT2D eigenvalue weighted by Gasteiger charge is 2.20. The van der Waals surface area contributed by atoms with Crippen molar-refractivity contribution in [2.24, 2.45) is 0 Å². The first-order valence-electron chi connectivity index (χ1n) is 11.8. The molecule has 1 saturated carbocycles. The standard InChI is InChI=1S/C28H28N4O4/c1-35-25-8-4-5-21(28(25)36-22-6-2-3-7-22)11-14-27(34)32-24-15-19(18-33)9-12-23(24)31-26-13-10-20(16-29)17-30-26/h4-5,8-15,17,22,33H,2-3,6-7,18H2,1H3,(H,30,31)(H,32,34)/b14-11+. The first kappa shape index (κ1) is 24.8. The molecule has 184 valence electrons. The number of aliphatic hydroxyl groups excluding tert-OH is 1. The average molecular weight is 485 g/mol. The van der Waals surface area contributed by atoms with E-state index in [9.17, 15) is 9.90 Å². The molecule has 0 spiro atoms. The Balaban J connectivity index is 1.53. The number of nitrogens with one attached hydrogen (secondary N) is 2. The van der Waals surface area contributed by atoms with E-state index in [1.165, 1.54) is 12.3 Å². The summed E-state index contributed by atoms with van der Waals surface area (Å²) >= 11 is 0. The number of nitriles is 1. The molecule has 0 aliphatic heterocycles. The van der Waals surface area contributed by atoms with Crippen LogP contribution < -0.4 is 20.1 Å². The van der Waals surface area contributed by atoms with Crippen molar-refractivity contribution in [3.05, 3.63) is 77.5 Å². The zero-order valence-corrected chi connectivity index (χ0v) is 20.0. The maximum Gasteiger partial charge on any atom is 0.248 e. The normalized spacial score (nSPS) is 13.4. The zero-order valence-electron chi connectivity index (χ0n) is 20.0. The van der Waals surface area contributed by atoms with Crippen LogP contribution in [0.15, 0.2) is 60.8 Å². The monoisotopic (exact) mass is 484 g/mol. The van der Waals surface area contributed by atoms with Crippen LogP contribution in [0, 0.1) is 11.3 Å². The van der Waals surface area contributed by atoms with Gasteiger partial charge >= 0.3 is 0 Å². The molecule has 3 N–H and O–H groups in total. The molecule has 1 aromatic heterocycles. The lowest BCUT2D eigenvalue weighted by Gasteiger charge is -2.18. The minimum Gasteiger partial charge on any atom is -0.493 e. The molecule has 0 saturated heterocycles. The summed E-state index contributed by atoms with van der Waals surface area (Å²) in [7, 11) is 1.60. The second kappa shape index (κ2) is 11.9. The Bertz CT molecular complexity index is 1280. The third kappa shape index (κ3) is 6.20. The number of amides is 1. The quantitative estimate of drug-likeness (QED) is 0.359. The summed E-state index contributed by atoms with van der Waals surface area (Å²) in [6, 6.07) is 16.1. The van der Waals surface area contributed by atoms with Gasteiger partial charge in [0.05, 0.1) is 36.8 Å². The van der Waals surface area contributed by atoms with Crippen LogP contribution in [-0.4, -0.2) is 29.2 Å². The molecule has 0 unspecified atom stereocenters. The minimum absolute atomic E-state index is 0.146. The lowest BCUT2D eigenvalue weighted by atomic mass is 10.1. The molecule has 2 aromatic carbocycles. The number of methoxy groups -OCH3 is 1. The van der Waals surface area contributed by atoms with E-state index >= 15 is 0 Å². The highest BCUT2D eigenvalue weighted by Crippen LogP contribution is 2.35. The SMILES string of the molecule is COc1cccc(/C=C/C(=O)Nc2cc(CO)ccc2Nc2ccc(C#N)cn2)c1OC1CCCC1. The van der Waals surface area contributed by atoms with Crippen molar-refractivity contribution < 1.29 is 19.4 Å². The van der Waals surface area contributed by atoms with E-state index in [4.69, 9.17) is 14.7 Å². The van der Waals surface area contributed by atoms with Crippen molar-refractivity contribution in [2.75, 3.05) is 17.7 Å². The molecule has 1 fully saturated rings. The van der Waals surface area contributed by atoms with Gasteiger partial charge in [0.2, 0.25) is 5.91 Å². The summed E-state index contributed by atoms with van der Waals surface area (Å²) < 4.78 is 11.7. The Morgan fingerprint density at radius 2 is 2.03 bits per heavy atom. The first-order chi connectivity index (χ1) is 17.6. The summed E-state index contributed by atoms with van der Waals surface area (Å²) in [5.41, 5.74) is 2.92. The Labute approximate surface area is 210 Å². The number of anilines is 3. The largest absolute Gasteiger partial charge is 0.493 e. The number of para-hydroxylation sites is 1. The number of nitrogens with zero attached hydrogens (tertiary/aromatic N) is 2. The fraction of sp³-hybridized carbons (Fsp3) is 0.250. The number of carbonyl (C=O) groups excluding carboxylic acids is 1. The van der Waals surface area contributed by atoms with Crippen LogP contribution in [0.3, 0.4) is 0 Å². The Kier molecular flexibility index (Phi) is 8.16. The van der Waals surface area contributed by atoms with E-state index in [0.29, 0.717) is 39.8 Å². The molecule has 8 nitrogen and oxygen atoms in total. The van der Waals surface area contributed by atoms with Crippen molar-refractivity contribution in [1.29, 1.82) is 5.26 Å². The molecular weight excluding hydrogens is 456 g/mol. The van der Waals surface area contributed by atoms with E-state index in [0.717, 1.165) is 31.2 Å². The molecule has 1 aliphatic carbocycles. The average Bonchev–Trinajstić information content (AvgIpc) is 3.42. The molecule has 8 heteroatoms. The van der Waals surface area contributed by atoms with Crippen LogP contribution in [0.25, 0.3) is 6.08 Å². The van der Waals surface area contributed by atoms with Crippen LogP contribution in [0.2, 0.25) is 0 Å². The van der Waals surface area contributed by atoms with Crippen molar-refractivity contribution in [3.8, 4) is 17.6 Å². The van der Waals surface area contributed by atoms with Gasteiger partial charge in [-0.05, 0) is 67.7 Å². The summed E-state index contributed by atoms with van der Waals surface area (Å²) in [6.45, 7) is -0.167. The molecular formula is C28H28N4O4. The molecule has 1 heterocycles. The number of rotatable bonds is 9. The van der Waals surface area contributed by atoms with Crippen LogP contribution >= 0.6 is 0 Å². The van der Waals surface area contributed by atoms with Crippen molar-refractivity contribution in [3.63, 3.8) is 0 Å². The number of ether oxygens (including phenoxy) is 2. The second-order valence-electron chi connectivity index (χ2n) is 8.43. The summed E-state index contributed by atoms with van der Waals surface area (Å²) in [6.07, 6.45) is 9.06. The molecule has 3 aromatic rings. The molecule has 4 rings (SSSR count). The highest BCUT2D eigenvalue weighted by atomic mass is 16.5. The molecule has 0 radical (unpaired) electrons. The van der Waals surface area contributed by atoms with Gasteiger partial charge in [-0.25, -0.2) is 4.98 Å². The van der Waals surface area contributed by atoms with Gasteiger partial charge in [-0.15, -0.1) is 0 Å². The topological polar surface area (TPSA) is 116 Å². The van der Waals surface area contributed by atoms with Gasteiger partial charge in [-0.3, -0.25) is 4.79 Å². The number of aliphatic hydroxyl groups is 1. The van der Waals surface area contributed by atoms with E-state index in [2.05, 4.69) is 15.6 Å².